The number of hydrogen-bond acceptors (Lipinski definition) is 4. The van der Waals surface area contributed by atoms with Crippen LogP contribution in [-0.2, 0) is 16.0 Å². The number of ether oxygens (including phenoxy) is 1. The topological polar surface area (TPSA) is 75.7 Å². The van der Waals surface area contributed by atoms with Crippen LogP contribution in [0.15, 0.2) is 69.1 Å². The predicted molar refractivity (Wildman–Crippen MR) is 143 cm³/mol. The minimum Gasteiger partial charge on any atom is -0.496 e. The highest BCUT2D eigenvalue weighted by atomic mass is 79.9. The molecule has 3 aromatic rings. The number of amides is 4. The van der Waals surface area contributed by atoms with E-state index in [1.54, 1.807) is 25.3 Å². The Morgan fingerprint density at radius 3 is 2.37 bits per heavy atom. The number of carbonyl (C=O) groups excluding carboxylic acids is 3. The van der Waals surface area contributed by atoms with Crippen LogP contribution in [0.3, 0.4) is 0 Å². The number of benzene rings is 3. The number of carbonyl (C=O) groups is 3. The highest BCUT2D eigenvalue weighted by Gasteiger charge is 2.37. The Labute approximate surface area is 220 Å². The molecule has 178 valence electrons. The SMILES string of the molecule is COc1cc(/C=C2\C(=O)NC(=O)N(c3ccc(C)c(C)c3)C2=O)cc(Br)c1Cc1ccccc1Br. The molecule has 0 spiro atoms. The van der Waals surface area contributed by atoms with Gasteiger partial charge in [0, 0.05) is 20.9 Å². The Bertz CT molecular complexity index is 1400. The van der Waals surface area contributed by atoms with Gasteiger partial charge >= 0.3 is 6.03 Å². The lowest BCUT2D eigenvalue weighted by Crippen LogP contribution is -2.54. The van der Waals surface area contributed by atoms with Crippen molar-refractivity contribution in [1.29, 1.82) is 0 Å². The van der Waals surface area contributed by atoms with E-state index in [0.717, 1.165) is 36.1 Å². The first-order chi connectivity index (χ1) is 16.7. The van der Waals surface area contributed by atoms with Gasteiger partial charge in [0.05, 0.1) is 12.8 Å². The molecule has 0 radical (unpaired) electrons. The van der Waals surface area contributed by atoms with Gasteiger partial charge in [-0.2, -0.15) is 0 Å². The minimum absolute atomic E-state index is 0.143. The Balaban J connectivity index is 1.72. The van der Waals surface area contributed by atoms with Gasteiger partial charge in [0.1, 0.15) is 11.3 Å². The molecule has 6 nitrogen and oxygen atoms in total. The van der Waals surface area contributed by atoms with E-state index < -0.39 is 17.8 Å². The van der Waals surface area contributed by atoms with Crippen molar-refractivity contribution in [1.82, 2.24) is 5.32 Å². The van der Waals surface area contributed by atoms with Crippen molar-refractivity contribution < 1.29 is 19.1 Å². The van der Waals surface area contributed by atoms with Gasteiger partial charge in [-0.05, 0) is 72.5 Å². The molecule has 4 rings (SSSR count). The smallest absolute Gasteiger partial charge is 0.335 e. The largest absolute Gasteiger partial charge is 0.496 e. The van der Waals surface area contributed by atoms with Crippen LogP contribution in [0.1, 0.15) is 27.8 Å². The molecule has 1 fully saturated rings. The molecule has 0 atom stereocenters. The van der Waals surface area contributed by atoms with Crippen molar-refractivity contribution in [3.05, 3.63) is 96.9 Å². The van der Waals surface area contributed by atoms with E-state index in [0.29, 0.717) is 23.4 Å². The molecule has 35 heavy (non-hydrogen) atoms. The maximum atomic E-state index is 13.3. The van der Waals surface area contributed by atoms with Gasteiger partial charge in [-0.15, -0.1) is 0 Å². The van der Waals surface area contributed by atoms with Crippen LogP contribution >= 0.6 is 31.9 Å². The van der Waals surface area contributed by atoms with Gasteiger partial charge < -0.3 is 4.74 Å². The molecular weight excluding hydrogens is 576 g/mol. The molecule has 0 bridgehead atoms. The summed E-state index contributed by atoms with van der Waals surface area (Å²) in [6.45, 7) is 3.84. The van der Waals surface area contributed by atoms with E-state index in [2.05, 4.69) is 37.2 Å². The van der Waals surface area contributed by atoms with Crippen molar-refractivity contribution in [3.63, 3.8) is 0 Å². The standard InChI is InChI=1S/C27H22Br2N2O4/c1-15-8-9-19(10-16(15)2)31-26(33)21(25(32)30-27(31)34)11-17-12-23(29)20(24(13-17)35-3)14-18-6-4-5-7-22(18)28/h4-13H,14H2,1-3H3,(H,30,32,34)/b21-11+. The molecule has 4 amide bonds. The zero-order chi connectivity index (χ0) is 25.3. The number of urea groups is 1. The molecule has 1 aliphatic heterocycles. The number of nitrogens with one attached hydrogen (secondary N) is 1. The molecule has 0 saturated carbocycles. The number of anilines is 1. The van der Waals surface area contributed by atoms with Crippen LogP contribution in [0, 0.1) is 13.8 Å². The summed E-state index contributed by atoms with van der Waals surface area (Å²) in [5.41, 5.74) is 4.81. The summed E-state index contributed by atoms with van der Waals surface area (Å²) in [5.74, 6) is -0.824. The quantitative estimate of drug-likeness (QED) is 0.285. The second-order valence-electron chi connectivity index (χ2n) is 8.18. The van der Waals surface area contributed by atoms with Crippen LogP contribution < -0.4 is 15.0 Å². The monoisotopic (exact) mass is 596 g/mol. The summed E-state index contributed by atoms with van der Waals surface area (Å²) in [6, 6.07) is 16.0. The fourth-order valence-electron chi connectivity index (χ4n) is 3.82. The lowest BCUT2D eigenvalue weighted by molar-refractivity contribution is -0.122. The first-order valence-corrected chi connectivity index (χ1v) is 12.4. The normalized spacial score (nSPS) is 14.9. The third kappa shape index (κ3) is 5.09. The molecular formula is C27H22Br2N2O4. The molecule has 0 unspecified atom stereocenters. The van der Waals surface area contributed by atoms with Gasteiger partial charge in [-0.3, -0.25) is 14.9 Å². The molecule has 1 N–H and O–H groups in total. The summed E-state index contributed by atoms with van der Waals surface area (Å²) in [5, 5.41) is 2.27. The molecule has 0 aromatic heterocycles. The van der Waals surface area contributed by atoms with Gasteiger partial charge in [-0.1, -0.05) is 56.1 Å². The van der Waals surface area contributed by atoms with Crippen LogP contribution in [0.25, 0.3) is 6.08 Å². The number of rotatable bonds is 5. The number of halogens is 2. The predicted octanol–water partition coefficient (Wildman–Crippen LogP) is 6.09. The van der Waals surface area contributed by atoms with Crippen molar-refractivity contribution in [2.75, 3.05) is 12.0 Å². The van der Waals surface area contributed by atoms with Gasteiger partial charge in [0.15, 0.2) is 0 Å². The van der Waals surface area contributed by atoms with E-state index in [9.17, 15) is 14.4 Å². The van der Waals surface area contributed by atoms with E-state index >= 15 is 0 Å². The lowest BCUT2D eigenvalue weighted by atomic mass is 10.0. The van der Waals surface area contributed by atoms with Crippen LogP contribution in [-0.4, -0.2) is 25.0 Å². The summed E-state index contributed by atoms with van der Waals surface area (Å²) in [6.07, 6.45) is 2.07. The zero-order valence-corrected chi connectivity index (χ0v) is 22.5. The Morgan fingerprint density at radius 2 is 1.69 bits per heavy atom. The Hall–Kier alpha value is -3.23. The second kappa shape index (κ2) is 10.2. The van der Waals surface area contributed by atoms with E-state index in [1.165, 1.54) is 6.08 Å². The fourth-order valence-corrected chi connectivity index (χ4v) is 4.85. The Kier molecular flexibility index (Phi) is 7.23. The zero-order valence-electron chi connectivity index (χ0n) is 19.3. The number of imide groups is 2. The van der Waals surface area contributed by atoms with Gasteiger partial charge in [0.2, 0.25) is 0 Å². The average Bonchev–Trinajstić information content (AvgIpc) is 2.81. The number of hydrogen-bond donors (Lipinski definition) is 1. The first kappa shape index (κ1) is 24.9. The van der Waals surface area contributed by atoms with E-state index in [4.69, 9.17) is 4.74 Å². The van der Waals surface area contributed by atoms with E-state index in [1.807, 2.05) is 50.2 Å². The summed E-state index contributed by atoms with van der Waals surface area (Å²) >= 11 is 7.19. The van der Waals surface area contributed by atoms with Crippen molar-refractivity contribution in [2.24, 2.45) is 0 Å². The maximum Gasteiger partial charge on any atom is 0.335 e. The van der Waals surface area contributed by atoms with Crippen molar-refractivity contribution >= 4 is 61.5 Å². The van der Waals surface area contributed by atoms with Gasteiger partial charge in [-0.25, -0.2) is 9.69 Å². The van der Waals surface area contributed by atoms with Crippen LogP contribution in [0.5, 0.6) is 5.75 Å². The third-order valence-corrected chi connectivity index (χ3v) is 7.36. The van der Waals surface area contributed by atoms with E-state index in [-0.39, 0.29) is 5.57 Å². The molecule has 0 aliphatic carbocycles. The third-order valence-electron chi connectivity index (χ3n) is 5.88. The average molecular weight is 598 g/mol. The molecule has 1 saturated heterocycles. The highest BCUT2D eigenvalue weighted by molar-refractivity contribution is 9.10. The van der Waals surface area contributed by atoms with Crippen LogP contribution in [0.2, 0.25) is 0 Å². The number of methoxy groups -OCH3 is 1. The van der Waals surface area contributed by atoms with Crippen molar-refractivity contribution in [3.8, 4) is 5.75 Å². The molecule has 1 aliphatic rings. The lowest BCUT2D eigenvalue weighted by Gasteiger charge is -2.27. The second-order valence-corrected chi connectivity index (χ2v) is 9.89. The molecule has 1 heterocycles. The summed E-state index contributed by atoms with van der Waals surface area (Å²) < 4.78 is 7.38. The van der Waals surface area contributed by atoms with Crippen LogP contribution in [0.4, 0.5) is 10.5 Å². The maximum absolute atomic E-state index is 13.3. The molecule has 3 aromatic carbocycles. The highest BCUT2D eigenvalue weighted by Crippen LogP contribution is 2.34. The Morgan fingerprint density at radius 1 is 0.943 bits per heavy atom. The van der Waals surface area contributed by atoms with Crippen molar-refractivity contribution in [2.45, 2.75) is 20.3 Å². The first-order valence-electron chi connectivity index (χ1n) is 10.8. The minimum atomic E-state index is -0.775. The number of barbiturate groups is 1. The summed E-state index contributed by atoms with van der Waals surface area (Å²) in [7, 11) is 1.57. The fraction of sp³-hybridized carbons (Fsp3) is 0.148. The number of nitrogens with zero attached hydrogens (tertiary/aromatic N) is 1. The van der Waals surface area contributed by atoms with Gasteiger partial charge in [0.25, 0.3) is 11.8 Å². The molecule has 8 heteroatoms. The summed E-state index contributed by atoms with van der Waals surface area (Å²) in [4.78, 5) is 39.4. The number of aryl methyl sites for hydroxylation is 2.